The third kappa shape index (κ3) is 4.54. The Bertz CT molecular complexity index is 886. The van der Waals surface area contributed by atoms with E-state index in [2.05, 4.69) is 10.6 Å². The molecular formula is C20H21Cl2N3O2. The van der Waals surface area contributed by atoms with Crippen molar-refractivity contribution in [1.29, 1.82) is 0 Å². The zero-order chi connectivity index (χ0) is 19.6. The molecule has 1 heterocycles. The molecule has 1 unspecified atom stereocenters. The van der Waals surface area contributed by atoms with Crippen LogP contribution < -0.4 is 15.5 Å². The van der Waals surface area contributed by atoms with Crippen LogP contribution in [0.4, 0.5) is 17.1 Å². The largest absolute Gasteiger partial charge is 0.374 e. The lowest BCUT2D eigenvalue weighted by atomic mass is 10.2. The number of carbonyl (C=O) groups is 2. The fraction of sp³-hybridized carbons (Fsp3) is 0.300. The minimum Gasteiger partial charge on any atom is -0.374 e. The molecular weight excluding hydrogens is 385 g/mol. The first-order valence-corrected chi connectivity index (χ1v) is 9.54. The van der Waals surface area contributed by atoms with Crippen molar-refractivity contribution < 1.29 is 9.59 Å². The van der Waals surface area contributed by atoms with Crippen LogP contribution in [0.3, 0.4) is 0 Å². The fourth-order valence-electron chi connectivity index (χ4n) is 3.00. The predicted molar refractivity (Wildman–Crippen MR) is 111 cm³/mol. The molecule has 0 spiro atoms. The van der Waals surface area contributed by atoms with Crippen LogP contribution in [0.2, 0.25) is 10.0 Å². The molecule has 142 valence electrons. The summed E-state index contributed by atoms with van der Waals surface area (Å²) in [6.45, 7) is 4.35. The Kier molecular flexibility index (Phi) is 5.92. The molecule has 2 aromatic carbocycles. The normalized spacial score (nSPS) is 15.0. The van der Waals surface area contributed by atoms with E-state index in [1.807, 2.05) is 19.1 Å². The van der Waals surface area contributed by atoms with Crippen LogP contribution in [0.5, 0.6) is 0 Å². The highest BCUT2D eigenvalue weighted by atomic mass is 35.5. The second kappa shape index (κ2) is 8.19. The standard InChI is InChI=1S/C20H21Cl2N3O2/c1-12-5-6-14(21)10-17(12)24-20(27)13(2)23-15-7-8-18(16(22)11-15)25-9-3-4-19(25)26/h5-8,10-11,13,23H,3-4,9H2,1-2H3,(H,24,27). The summed E-state index contributed by atoms with van der Waals surface area (Å²) in [5.74, 6) is -0.0995. The van der Waals surface area contributed by atoms with E-state index in [0.29, 0.717) is 40.1 Å². The maximum Gasteiger partial charge on any atom is 0.246 e. The Labute approximate surface area is 168 Å². The molecule has 1 saturated heterocycles. The van der Waals surface area contributed by atoms with Gasteiger partial charge in [0.2, 0.25) is 11.8 Å². The van der Waals surface area contributed by atoms with Crippen LogP contribution in [0.1, 0.15) is 25.3 Å². The molecule has 2 N–H and O–H groups in total. The van der Waals surface area contributed by atoms with Gasteiger partial charge in [-0.3, -0.25) is 9.59 Å². The Morgan fingerprint density at radius 1 is 1.19 bits per heavy atom. The summed E-state index contributed by atoms with van der Waals surface area (Å²) >= 11 is 12.4. The van der Waals surface area contributed by atoms with Crippen LogP contribution in [0, 0.1) is 6.92 Å². The van der Waals surface area contributed by atoms with Gasteiger partial charge in [0, 0.05) is 29.4 Å². The quantitative estimate of drug-likeness (QED) is 0.745. The number of hydrogen-bond donors (Lipinski definition) is 2. The van der Waals surface area contributed by atoms with Crippen molar-refractivity contribution >= 4 is 52.1 Å². The molecule has 3 rings (SSSR count). The molecule has 0 aliphatic carbocycles. The number of nitrogens with one attached hydrogen (secondary N) is 2. The van der Waals surface area contributed by atoms with Gasteiger partial charge in [0.05, 0.1) is 10.7 Å². The predicted octanol–water partition coefficient (Wildman–Crippen LogP) is 4.87. The summed E-state index contributed by atoms with van der Waals surface area (Å²) in [6.07, 6.45) is 1.39. The second-order valence-corrected chi connectivity index (χ2v) is 7.47. The molecule has 1 aliphatic rings. The van der Waals surface area contributed by atoms with E-state index in [-0.39, 0.29) is 11.8 Å². The molecule has 27 heavy (non-hydrogen) atoms. The zero-order valence-corrected chi connectivity index (χ0v) is 16.7. The Balaban J connectivity index is 1.67. The number of anilines is 3. The first kappa shape index (κ1) is 19.5. The van der Waals surface area contributed by atoms with Crippen LogP contribution in [0.15, 0.2) is 36.4 Å². The van der Waals surface area contributed by atoms with Crippen LogP contribution in [0.25, 0.3) is 0 Å². The lowest BCUT2D eigenvalue weighted by Gasteiger charge is -2.20. The highest BCUT2D eigenvalue weighted by molar-refractivity contribution is 6.34. The zero-order valence-electron chi connectivity index (χ0n) is 15.2. The van der Waals surface area contributed by atoms with Gasteiger partial charge >= 0.3 is 0 Å². The minimum atomic E-state index is -0.487. The van der Waals surface area contributed by atoms with Crippen molar-refractivity contribution in [3.63, 3.8) is 0 Å². The summed E-state index contributed by atoms with van der Waals surface area (Å²) in [5, 5.41) is 7.05. The Hall–Kier alpha value is -2.24. The summed E-state index contributed by atoms with van der Waals surface area (Å²) in [5.41, 5.74) is 3.03. The van der Waals surface area contributed by atoms with Crippen molar-refractivity contribution in [2.45, 2.75) is 32.7 Å². The van der Waals surface area contributed by atoms with Gasteiger partial charge in [0.1, 0.15) is 6.04 Å². The van der Waals surface area contributed by atoms with Gasteiger partial charge in [-0.05, 0) is 56.2 Å². The molecule has 2 aromatic rings. The highest BCUT2D eigenvalue weighted by Gasteiger charge is 2.24. The van der Waals surface area contributed by atoms with E-state index in [1.54, 1.807) is 36.1 Å². The monoisotopic (exact) mass is 405 g/mol. The van der Waals surface area contributed by atoms with E-state index in [9.17, 15) is 9.59 Å². The van der Waals surface area contributed by atoms with Gasteiger partial charge in [-0.1, -0.05) is 29.3 Å². The number of rotatable bonds is 5. The first-order chi connectivity index (χ1) is 12.8. The molecule has 1 aliphatic heterocycles. The van der Waals surface area contributed by atoms with E-state index in [0.717, 1.165) is 12.0 Å². The maximum absolute atomic E-state index is 12.5. The topological polar surface area (TPSA) is 61.4 Å². The number of halogens is 2. The van der Waals surface area contributed by atoms with Crippen LogP contribution in [-0.2, 0) is 9.59 Å². The molecule has 5 nitrogen and oxygen atoms in total. The highest BCUT2D eigenvalue weighted by Crippen LogP contribution is 2.32. The van der Waals surface area contributed by atoms with Gasteiger partial charge < -0.3 is 15.5 Å². The Morgan fingerprint density at radius 2 is 1.96 bits per heavy atom. The summed E-state index contributed by atoms with van der Waals surface area (Å²) in [4.78, 5) is 26.1. The third-order valence-corrected chi connectivity index (χ3v) is 5.08. The average Bonchev–Trinajstić information content (AvgIpc) is 3.04. The number of aryl methyl sites for hydroxylation is 1. The van der Waals surface area contributed by atoms with E-state index >= 15 is 0 Å². The fourth-order valence-corrected chi connectivity index (χ4v) is 3.46. The summed E-state index contributed by atoms with van der Waals surface area (Å²) < 4.78 is 0. The number of amides is 2. The number of benzene rings is 2. The van der Waals surface area contributed by atoms with E-state index in [4.69, 9.17) is 23.2 Å². The first-order valence-electron chi connectivity index (χ1n) is 8.78. The van der Waals surface area contributed by atoms with Crippen molar-refractivity contribution in [3.8, 4) is 0 Å². The smallest absolute Gasteiger partial charge is 0.246 e. The minimum absolute atomic E-state index is 0.0854. The molecule has 1 fully saturated rings. The van der Waals surface area contributed by atoms with E-state index in [1.165, 1.54) is 0 Å². The molecule has 2 amide bonds. The maximum atomic E-state index is 12.5. The molecule has 0 radical (unpaired) electrons. The van der Waals surface area contributed by atoms with Crippen molar-refractivity contribution in [1.82, 2.24) is 0 Å². The molecule has 0 aromatic heterocycles. The van der Waals surface area contributed by atoms with Gasteiger partial charge in [-0.25, -0.2) is 0 Å². The van der Waals surface area contributed by atoms with Gasteiger partial charge in [-0.2, -0.15) is 0 Å². The number of carbonyl (C=O) groups excluding carboxylic acids is 2. The van der Waals surface area contributed by atoms with Crippen molar-refractivity contribution in [2.24, 2.45) is 0 Å². The molecule has 1 atom stereocenters. The van der Waals surface area contributed by atoms with Gasteiger partial charge in [0.25, 0.3) is 0 Å². The van der Waals surface area contributed by atoms with Crippen molar-refractivity contribution in [2.75, 3.05) is 22.1 Å². The van der Waals surface area contributed by atoms with Crippen molar-refractivity contribution in [3.05, 3.63) is 52.0 Å². The third-order valence-electron chi connectivity index (χ3n) is 4.55. The van der Waals surface area contributed by atoms with Gasteiger partial charge in [-0.15, -0.1) is 0 Å². The molecule has 0 bridgehead atoms. The van der Waals surface area contributed by atoms with Crippen LogP contribution >= 0.6 is 23.2 Å². The number of nitrogens with zero attached hydrogens (tertiary/aromatic N) is 1. The van der Waals surface area contributed by atoms with Gasteiger partial charge in [0.15, 0.2) is 0 Å². The Morgan fingerprint density at radius 3 is 2.63 bits per heavy atom. The lowest BCUT2D eigenvalue weighted by Crippen LogP contribution is -2.32. The summed E-state index contributed by atoms with van der Waals surface area (Å²) in [7, 11) is 0. The lowest BCUT2D eigenvalue weighted by molar-refractivity contribution is -0.117. The van der Waals surface area contributed by atoms with E-state index < -0.39 is 6.04 Å². The second-order valence-electron chi connectivity index (χ2n) is 6.63. The molecule has 7 heteroatoms. The van der Waals surface area contributed by atoms with Crippen LogP contribution in [-0.4, -0.2) is 24.4 Å². The average molecular weight is 406 g/mol. The summed E-state index contributed by atoms with van der Waals surface area (Å²) in [6, 6.07) is 10.2. The SMILES string of the molecule is Cc1ccc(Cl)cc1NC(=O)C(C)Nc1ccc(N2CCCC2=O)c(Cl)c1. The molecule has 0 saturated carbocycles. The number of hydrogen-bond acceptors (Lipinski definition) is 3.